The summed E-state index contributed by atoms with van der Waals surface area (Å²) in [6.07, 6.45) is 8.12. The van der Waals surface area contributed by atoms with E-state index in [1.54, 1.807) is 6.20 Å². The second-order valence-corrected chi connectivity index (χ2v) is 9.27. The van der Waals surface area contributed by atoms with Crippen LogP contribution in [0.3, 0.4) is 0 Å². The third-order valence-corrected chi connectivity index (χ3v) is 6.32. The van der Waals surface area contributed by atoms with Gasteiger partial charge in [-0.3, -0.25) is 0 Å². The first kappa shape index (κ1) is 18.2. The molecule has 0 spiro atoms. The molecule has 2 heterocycles. The summed E-state index contributed by atoms with van der Waals surface area (Å²) in [5, 5.41) is 6.29. The number of H-pyrrole nitrogens is 1. The van der Waals surface area contributed by atoms with E-state index in [4.69, 9.17) is 5.14 Å². The lowest BCUT2D eigenvalue weighted by molar-refractivity contribution is 0.469. The zero-order valence-electron chi connectivity index (χ0n) is 15.3. The van der Waals surface area contributed by atoms with E-state index in [1.165, 1.54) is 36.9 Å². The summed E-state index contributed by atoms with van der Waals surface area (Å²) in [6.45, 7) is 0. The molecule has 27 heavy (non-hydrogen) atoms. The van der Waals surface area contributed by atoms with Crippen LogP contribution in [0.25, 0.3) is 11.0 Å². The van der Waals surface area contributed by atoms with Crippen LogP contribution < -0.4 is 5.14 Å². The van der Waals surface area contributed by atoms with Crippen LogP contribution in [0, 0.1) is 5.92 Å². The third kappa shape index (κ3) is 4.39. The number of hydrogen-bond donors (Lipinski definition) is 2. The highest BCUT2D eigenvalue weighted by molar-refractivity contribution is 7.88. The highest BCUT2D eigenvalue weighted by Crippen LogP contribution is 2.38. The van der Waals surface area contributed by atoms with E-state index in [9.17, 15) is 8.42 Å². The Morgan fingerprint density at radius 1 is 1.15 bits per heavy atom. The van der Waals surface area contributed by atoms with Crippen LogP contribution in [-0.2, 0) is 15.8 Å². The van der Waals surface area contributed by atoms with Crippen LogP contribution in [0.4, 0.5) is 0 Å². The fourth-order valence-corrected chi connectivity index (χ4v) is 4.92. The van der Waals surface area contributed by atoms with Crippen molar-refractivity contribution in [3.63, 3.8) is 0 Å². The maximum atomic E-state index is 11.3. The van der Waals surface area contributed by atoms with Crippen molar-refractivity contribution in [1.29, 1.82) is 0 Å². The smallest absolute Gasteiger partial charge is 0.213 e. The molecule has 1 aliphatic rings. The molecule has 3 aromatic rings. The number of hydrogen-bond acceptors (Lipinski definition) is 3. The number of fused-ring (bicyclic) bond motifs is 1. The molecule has 1 aliphatic carbocycles. The lowest BCUT2D eigenvalue weighted by Crippen LogP contribution is -2.14. The Kier molecular flexibility index (Phi) is 5.02. The topological polar surface area (TPSA) is 88.8 Å². The van der Waals surface area contributed by atoms with E-state index in [-0.39, 0.29) is 11.7 Å². The van der Waals surface area contributed by atoms with Crippen molar-refractivity contribution in [2.75, 3.05) is 0 Å². The second kappa shape index (κ2) is 7.44. The lowest BCUT2D eigenvalue weighted by Gasteiger charge is -2.20. The highest BCUT2D eigenvalue weighted by atomic mass is 32.2. The minimum atomic E-state index is -3.51. The molecular weight excluding hydrogens is 358 g/mol. The number of primary sulfonamides is 1. The molecule has 0 amide bonds. The quantitative estimate of drug-likeness (QED) is 0.672. The Hall–Kier alpha value is -2.18. The number of benzene rings is 1. The Bertz CT molecular complexity index is 986. The number of nitrogens with zero attached hydrogens (tertiary/aromatic N) is 1. The number of nitrogens with one attached hydrogen (secondary N) is 1. The summed E-state index contributed by atoms with van der Waals surface area (Å²) in [4.78, 5) is 7.92. The van der Waals surface area contributed by atoms with Gasteiger partial charge in [0.2, 0.25) is 10.0 Å². The Morgan fingerprint density at radius 2 is 1.89 bits per heavy atom. The van der Waals surface area contributed by atoms with Gasteiger partial charge in [0.25, 0.3) is 0 Å². The van der Waals surface area contributed by atoms with Gasteiger partial charge < -0.3 is 4.98 Å². The predicted octanol–water partition coefficient (Wildman–Crippen LogP) is 4.06. The van der Waals surface area contributed by atoms with Gasteiger partial charge in [-0.25, -0.2) is 18.5 Å². The van der Waals surface area contributed by atoms with Crippen LogP contribution in [0.2, 0.25) is 0 Å². The number of rotatable bonds is 6. The Labute approximate surface area is 160 Å². The average Bonchev–Trinajstić information content (AvgIpc) is 3.28. The molecule has 1 saturated carbocycles. The van der Waals surface area contributed by atoms with Crippen molar-refractivity contribution >= 4 is 21.1 Å². The Balaban J connectivity index is 1.66. The van der Waals surface area contributed by atoms with Gasteiger partial charge in [-0.05, 0) is 41.7 Å². The summed E-state index contributed by atoms with van der Waals surface area (Å²) in [5.41, 5.74) is 4.01. The normalized spacial score (nSPS) is 16.8. The van der Waals surface area contributed by atoms with E-state index in [2.05, 4.69) is 22.1 Å². The monoisotopic (exact) mass is 383 g/mol. The standard InChI is InChI=1S/C21H25N3O2S/c22-27(25,26)14-16-7-9-17(10-8-16)19(12-15-4-1-2-5-15)20-13-18-6-3-11-23-21(18)24-20/h3,6-11,13,15,19H,1-2,4-5,12,14H2,(H,23,24)(H2,22,25,26). The van der Waals surface area contributed by atoms with Gasteiger partial charge in [-0.2, -0.15) is 0 Å². The molecule has 142 valence electrons. The molecule has 0 saturated heterocycles. The van der Waals surface area contributed by atoms with Crippen LogP contribution in [-0.4, -0.2) is 18.4 Å². The maximum Gasteiger partial charge on any atom is 0.213 e. The van der Waals surface area contributed by atoms with E-state index < -0.39 is 10.0 Å². The van der Waals surface area contributed by atoms with Crippen LogP contribution in [0.15, 0.2) is 48.7 Å². The van der Waals surface area contributed by atoms with Crippen LogP contribution >= 0.6 is 0 Å². The van der Waals surface area contributed by atoms with Crippen molar-refractivity contribution in [3.05, 3.63) is 65.5 Å². The maximum absolute atomic E-state index is 11.3. The molecule has 1 fully saturated rings. The minimum absolute atomic E-state index is 0.128. The molecule has 1 aromatic carbocycles. The van der Waals surface area contributed by atoms with E-state index in [0.29, 0.717) is 0 Å². The largest absolute Gasteiger partial charge is 0.343 e. The first-order valence-corrected chi connectivity index (χ1v) is 11.2. The van der Waals surface area contributed by atoms with Crippen molar-refractivity contribution in [2.45, 2.75) is 43.8 Å². The molecular formula is C21H25N3O2S. The minimum Gasteiger partial charge on any atom is -0.343 e. The van der Waals surface area contributed by atoms with E-state index in [1.807, 2.05) is 30.3 Å². The zero-order valence-corrected chi connectivity index (χ0v) is 16.1. The average molecular weight is 384 g/mol. The molecule has 4 rings (SSSR count). The Morgan fingerprint density at radius 3 is 2.56 bits per heavy atom. The molecule has 0 aliphatic heterocycles. The molecule has 1 unspecified atom stereocenters. The van der Waals surface area contributed by atoms with Crippen LogP contribution in [0.1, 0.15) is 54.8 Å². The molecule has 2 aromatic heterocycles. The molecule has 3 N–H and O–H groups in total. The third-order valence-electron chi connectivity index (χ3n) is 5.58. The van der Waals surface area contributed by atoms with E-state index in [0.717, 1.165) is 28.9 Å². The number of aromatic amines is 1. The van der Waals surface area contributed by atoms with Gasteiger partial charge in [0, 0.05) is 23.2 Å². The first-order valence-electron chi connectivity index (χ1n) is 9.51. The van der Waals surface area contributed by atoms with Gasteiger partial charge in [0.15, 0.2) is 0 Å². The van der Waals surface area contributed by atoms with Gasteiger partial charge >= 0.3 is 0 Å². The SMILES string of the molecule is NS(=O)(=O)Cc1ccc(C(CC2CCCC2)c2cc3cccnc3[nH]2)cc1. The van der Waals surface area contributed by atoms with Gasteiger partial charge in [-0.1, -0.05) is 49.9 Å². The van der Waals surface area contributed by atoms with Crippen molar-refractivity contribution < 1.29 is 8.42 Å². The van der Waals surface area contributed by atoms with Gasteiger partial charge in [0.1, 0.15) is 5.65 Å². The molecule has 0 radical (unpaired) electrons. The highest BCUT2D eigenvalue weighted by Gasteiger charge is 2.24. The number of nitrogens with two attached hydrogens (primary N) is 1. The van der Waals surface area contributed by atoms with Gasteiger partial charge in [-0.15, -0.1) is 0 Å². The summed E-state index contributed by atoms with van der Waals surface area (Å²) in [6, 6.07) is 14.1. The van der Waals surface area contributed by atoms with E-state index >= 15 is 0 Å². The lowest BCUT2D eigenvalue weighted by atomic mass is 9.85. The molecule has 5 nitrogen and oxygen atoms in total. The molecule has 6 heteroatoms. The van der Waals surface area contributed by atoms with Gasteiger partial charge in [0.05, 0.1) is 5.75 Å². The molecule has 0 bridgehead atoms. The predicted molar refractivity (Wildman–Crippen MR) is 108 cm³/mol. The van der Waals surface area contributed by atoms with Crippen molar-refractivity contribution in [3.8, 4) is 0 Å². The van der Waals surface area contributed by atoms with Crippen molar-refractivity contribution in [1.82, 2.24) is 9.97 Å². The first-order chi connectivity index (χ1) is 13.0. The summed E-state index contributed by atoms with van der Waals surface area (Å²) in [5.74, 6) is 0.862. The summed E-state index contributed by atoms with van der Waals surface area (Å²) < 4.78 is 22.7. The number of sulfonamides is 1. The summed E-state index contributed by atoms with van der Waals surface area (Å²) >= 11 is 0. The number of aromatic nitrogens is 2. The fraction of sp³-hybridized carbons (Fsp3) is 0.381. The fourth-order valence-electron chi connectivity index (χ4n) is 4.27. The second-order valence-electron chi connectivity index (χ2n) is 7.65. The number of pyridine rings is 1. The zero-order chi connectivity index (χ0) is 18.9. The van der Waals surface area contributed by atoms with Crippen molar-refractivity contribution in [2.24, 2.45) is 11.1 Å². The molecule has 1 atom stereocenters. The van der Waals surface area contributed by atoms with Crippen LogP contribution in [0.5, 0.6) is 0 Å². The summed E-state index contributed by atoms with van der Waals surface area (Å²) in [7, 11) is -3.51.